The van der Waals surface area contributed by atoms with Crippen molar-refractivity contribution in [3.8, 4) is 10.4 Å². The standard InChI is InChI=1S/C16H17N5OS/c1-11(22)20-6-4-12(5-7-20)15-18-19-16-17-9-13(10-21(15)16)14-3-2-8-23-14/h2-3,8-10,12H,4-7H2,1H3. The number of carbonyl (C=O) groups excluding carboxylic acids is 1. The lowest BCUT2D eigenvalue weighted by Crippen LogP contribution is -2.36. The monoisotopic (exact) mass is 327 g/mol. The molecule has 3 aromatic heterocycles. The van der Waals surface area contributed by atoms with E-state index < -0.39 is 0 Å². The minimum absolute atomic E-state index is 0.149. The number of hydrogen-bond acceptors (Lipinski definition) is 5. The molecule has 0 radical (unpaired) electrons. The summed E-state index contributed by atoms with van der Waals surface area (Å²) in [7, 11) is 0. The van der Waals surface area contributed by atoms with Crippen LogP contribution < -0.4 is 0 Å². The van der Waals surface area contributed by atoms with E-state index in [1.54, 1.807) is 18.3 Å². The van der Waals surface area contributed by atoms with E-state index in [9.17, 15) is 4.79 Å². The van der Waals surface area contributed by atoms with E-state index in [0.29, 0.717) is 11.7 Å². The van der Waals surface area contributed by atoms with Gasteiger partial charge in [-0.05, 0) is 24.3 Å². The number of fused-ring (bicyclic) bond motifs is 1. The highest BCUT2D eigenvalue weighted by molar-refractivity contribution is 7.13. The van der Waals surface area contributed by atoms with Crippen molar-refractivity contribution in [3.05, 3.63) is 35.7 Å². The van der Waals surface area contributed by atoms with Gasteiger partial charge in [-0.2, -0.15) is 0 Å². The number of hydrogen-bond donors (Lipinski definition) is 0. The third kappa shape index (κ3) is 2.61. The fourth-order valence-electron chi connectivity index (χ4n) is 3.11. The molecule has 4 heterocycles. The second-order valence-electron chi connectivity index (χ2n) is 5.83. The van der Waals surface area contributed by atoms with Crippen LogP contribution in [0.4, 0.5) is 0 Å². The molecular weight excluding hydrogens is 310 g/mol. The van der Waals surface area contributed by atoms with E-state index in [0.717, 1.165) is 37.3 Å². The maximum absolute atomic E-state index is 11.5. The molecule has 118 valence electrons. The van der Waals surface area contributed by atoms with Gasteiger partial charge in [-0.1, -0.05) is 6.07 Å². The highest BCUT2D eigenvalue weighted by Crippen LogP contribution is 2.29. The van der Waals surface area contributed by atoms with Crippen LogP contribution in [0.25, 0.3) is 16.2 Å². The molecular formula is C16H17N5OS. The first kappa shape index (κ1) is 14.3. The number of thiophene rings is 1. The Kier molecular flexibility index (Phi) is 3.57. The van der Waals surface area contributed by atoms with E-state index in [1.807, 2.05) is 21.6 Å². The molecule has 0 N–H and O–H groups in total. The predicted octanol–water partition coefficient (Wildman–Crippen LogP) is 2.58. The minimum Gasteiger partial charge on any atom is -0.343 e. The molecule has 1 fully saturated rings. The molecule has 7 heteroatoms. The van der Waals surface area contributed by atoms with Gasteiger partial charge in [0.05, 0.1) is 0 Å². The van der Waals surface area contributed by atoms with Crippen LogP contribution in [0.15, 0.2) is 29.9 Å². The Bertz CT molecular complexity index is 833. The van der Waals surface area contributed by atoms with Crippen molar-refractivity contribution in [2.24, 2.45) is 0 Å². The first-order valence-corrected chi connectivity index (χ1v) is 8.60. The van der Waals surface area contributed by atoms with Crippen LogP contribution in [0.5, 0.6) is 0 Å². The van der Waals surface area contributed by atoms with Crippen LogP contribution >= 0.6 is 11.3 Å². The smallest absolute Gasteiger partial charge is 0.254 e. The summed E-state index contributed by atoms with van der Waals surface area (Å²) in [6.45, 7) is 3.20. The van der Waals surface area contributed by atoms with E-state index >= 15 is 0 Å². The predicted molar refractivity (Wildman–Crippen MR) is 88.3 cm³/mol. The number of carbonyl (C=O) groups is 1. The summed E-state index contributed by atoms with van der Waals surface area (Å²) >= 11 is 1.69. The fraction of sp³-hybridized carbons (Fsp3) is 0.375. The maximum Gasteiger partial charge on any atom is 0.254 e. The molecule has 6 nitrogen and oxygen atoms in total. The Morgan fingerprint density at radius 3 is 2.83 bits per heavy atom. The topological polar surface area (TPSA) is 63.4 Å². The van der Waals surface area contributed by atoms with E-state index in [1.165, 1.54) is 4.88 Å². The molecule has 0 aliphatic carbocycles. The Morgan fingerprint density at radius 1 is 1.30 bits per heavy atom. The summed E-state index contributed by atoms with van der Waals surface area (Å²) < 4.78 is 2.00. The van der Waals surface area contributed by atoms with Gasteiger partial charge >= 0.3 is 0 Å². The van der Waals surface area contributed by atoms with E-state index in [-0.39, 0.29) is 5.91 Å². The average molecular weight is 327 g/mol. The summed E-state index contributed by atoms with van der Waals surface area (Å²) in [5.74, 6) is 2.06. The zero-order valence-electron chi connectivity index (χ0n) is 12.8. The van der Waals surface area contributed by atoms with E-state index in [2.05, 4.69) is 32.8 Å². The molecule has 0 aromatic carbocycles. The first-order chi connectivity index (χ1) is 11.2. The normalized spacial score (nSPS) is 16.1. The average Bonchev–Trinajstić information content (AvgIpc) is 3.24. The minimum atomic E-state index is 0.149. The van der Waals surface area contributed by atoms with Crippen LogP contribution in [-0.2, 0) is 4.79 Å². The maximum atomic E-state index is 11.5. The van der Waals surface area contributed by atoms with E-state index in [4.69, 9.17) is 0 Å². The van der Waals surface area contributed by atoms with Crippen molar-refractivity contribution in [1.29, 1.82) is 0 Å². The van der Waals surface area contributed by atoms with Crippen LogP contribution in [0, 0.1) is 0 Å². The summed E-state index contributed by atoms with van der Waals surface area (Å²) in [6.07, 6.45) is 5.76. The molecule has 0 bridgehead atoms. The number of rotatable bonds is 2. The quantitative estimate of drug-likeness (QED) is 0.726. The lowest BCUT2D eigenvalue weighted by molar-refractivity contribution is -0.129. The number of likely N-dealkylation sites (tertiary alicyclic amines) is 1. The second kappa shape index (κ2) is 5.73. The zero-order chi connectivity index (χ0) is 15.8. The van der Waals surface area contributed by atoms with Crippen molar-refractivity contribution >= 4 is 23.0 Å². The highest BCUT2D eigenvalue weighted by atomic mass is 32.1. The molecule has 0 saturated carbocycles. The molecule has 1 aliphatic heterocycles. The van der Waals surface area contributed by atoms with Crippen molar-refractivity contribution < 1.29 is 4.79 Å². The Morgan fingerprint density at radius 2 is 2.13 bits per heavy atom. The van der Waals surface area contributed by atoms with Gasteiger partial charge < -0.3 is 4.90 Å². The van der Waals surface area contributed by atoms with Gasteiger partial charge in [0, 0.05) is 48.8 Å². The molecule has 0 spiro atoms. The van der Waals surface area contributed by atoms with Gasteiger partial charge in [-0.3, -0.25) is 9.20 Å². The third-order valence-corrected chi connectivity index (χ3v) is 5.32. The van der Waals surface area contributed by atoms with Gasteiger partial charge in [0.15, 0.2) is 0 Å². The zero-order valence-corrected chi connectivity index (χ0v) is 13.7. The van der Waals surface area contributed by atoms with Gasteiger partial charge in [-0.15, -0.1) is 21.5 Å². The van der Waals surface area contributed by atoms with Gasteiger partial charge in [0.1, 0.15) is 5.82 Å². The molecule has 23 heavy (non-hydrogen) atoms. The number of piperidine rings is 1. The van der Waals surface area contributed by atoms with Gasteiger partial charge in [0.25, 0.3) is 5.78 Å². The van der Waals surface area contributed by atoms with Crippen molar-refractivity contribution in [2.75, 3.05) is 13.1 Å². The van der Waals surface area contributed by atoms with Gasteiger partial charge in [0.2, 0.25) is 5.91 Å². The van der Waals surface area contributed by atoms with Crippen LogP contribution in [-0.4, -0.2) is 43.5 Å². The van der Waals surface area contributed by atoms with Crippen molar-refractivity contribution in [2.45, 2.75) is 25.7 Å². The second-order valence-corrected chi connectivity index (χ2v) is 6.78. The number of nitrogens with zero attached hydrogens (tertiary/aromatic N) is 5. The lowest BCUT2D eigenvalue weighted by atomic mass is 9.96. The lowest BCUT2D eigenvalue weighted by Gasteiger charge is -2.30. The molecule has 1 amide bonds. The van der Waals surface area contributed by atoms with Crippen LogP contribution in [0.2, 0.25) is 0 Å². The molecule has 1 aliphatic rings. The van der Waals surface area contributed by atoms with Crippen LogP contribution in [0.3, 0.4) is 0 Å². The third-order valence-electron chi connectivity index (χ3n) is 4.40. The largest absolute Gasteiger partial charge is 0.343 e. The molecule has 1 saturated heterocycles. The van der Waals surface area contributed by atoms with Crippen LogP contribution in [0.1, 0.15) is 31.5 Å². The number of amides is 1. The number of aromatic nitrogens is 4. The molecule has 0 unspecified atom stereocenters. The Balaban J connectivity index is 1.65. The van der Waals surface area contributed by atoms with Crippen molar-refractivity contribution in [1.82, 2.24) is 24.5 Å². The summed E-state index contributed by atoms with van der Waals surface area (Å²) in [4.78, 5) is 19.0. The summed E-state index contributed by atoms with van der Waals surface area (Å²) in [5, 5.41) is 10.6. The molecule has 4 rings (SSSR count). The Labute approximate surface area is 137 Å². The highest BCUT2D eigenvalue weighted by Gasteiger charge is 2.25. The first-order valence-electron chi connectivity index (χ1n) is 7.72. The Hall–Kier alpha value is -2.28. The fourth-order valence-corrected chi connectivity index (χ4v) is 3.81. The SMILES string of the molecule is CC(=O)N1CCC(c2nnc3ncc(-c4cccs4)cn23)CC1. The molecule has 0 atom stereocenters. The summed E-state index contributed by atoms with van der Waals surface area (Å²) in [6, 6.07) is 4.12. The molecule has 3 aromatic rings. The van der Waals surface area contributed by atoms with Crippen molar-refractivity contribution in [3.63, 3.8) is 0 Å². The summed E-state index contributed by atoms with van der Waals surface area (Å²) in [5.41, 5.74) is 1.08. The van der Waals surface area contributed by atoms with Gasteiger partial charge in [-0.25, -0.2) is 4.98 Å².